The molecule has 2 atom stereocenters. The molecule has 1 aromatic rings. The molecule has 0 spiro atoms. The van der Waals surface area contributed by atoms with Crippen LogP contribution in [0.5, 0.6) is 0 Å². The molecule has 1 heterocycles. The van der Waals surface area contributed by atoms with Crippen molar-refractivity contribution in [3.63, 3.8) is 0 Å². The van der Waals surface area contributed by atoms with Crippen molar-refractivity contribution in [3.05, 3.63) is 35.4 Å². The van der Waals surface area contributed by atoms with Crippen LogP contribution in [-0.2, 0) is 16.1 Å². The molecule has 1 N–H and O–H groups in total. The number of hydrogen-bond acceptors (Lipinski definition) is 3. The van der Waals surface area contributed by atoms with Crippen molar-refractivity contribution in [2.45, 2.75) is 50.9 Å². The Morgan fingerprint density at radius 1 is 1.25 bits per heavy atom. The van der Waals surface area contributed by atoms with E-state index in [4.69, 9.17) is 9.47 Å². The van der Waals surface area contributed by atoms with E-state index in [9.17, 15) is 0 Å². The fourth-order valence-corrected chi connectivity index (χ4v) is 2.55. The number of benzene rings is 1. The maximum atomic E-state index is 5.84. The minimum atomic E-state index is 0.288. The SMILES string of the molecule is CC(CNC1CC1)c1ccc(COC2CCOC2)cc1. The van der Waals surface area contributed by atoms with Crippen molar-refractivity contribution in [2.24, 2.45) is 0 Å². The van der Waals surface area contributed by atoms with Gasteiger partial charge < -0.3 is 14.8 Å². The Morgan fingerprint density at radius 3 is 2.70 bits per heavy atom. The van der Waals surface area contributed by atoms with Gasteiger partial charge >= 0.3 is 0 Å². The first-order valence-corrected chi connectivity index (χ1v) is 7.83. The molecule has 1 saturated heterocycles. The molecule has 3 rings (SSSR count). The number of hydrogen-bond donors (Lipinski definition) is 1. The molecule has 1 saturated carbocycles. The van der Waals surface area contributed by atoms with Crippen LogP contribution in [-0.4, -0.2) is 31.9 Å². The van der Waals surface area contributed by atoms with Gasteiger partial charge in [0.1, 0.15) is 0 Å². The molecule has 0 aromatic heterocycles. The van der Waals surface area contributed by atoms with Crippen LogP contribution in [0, 0.1) is 0 Å². The lowest BCUT2D eigenvalue weighted by Crippen LogP contribution is -2.22. The second-order valence-corrected chi connectivity index (χ2v) is 6.12. The Morgan fingerprint density at radius 2 is 2.05 bits per heavy atom. The Balaban J connectivity index is 1.45. The molecule has 2 aliphatic rings. The van der Waals surface area contributed by atoms with Crippen LogP contribution in [0.2, 0.25) is 0 Å². The van der Waals surface area contributed by atoms with Crippen molar-refractivity contribution in [1.82, 2.24) is 5.32 Å². The van der Waals surface area contributed by atoms with Gasteiger partial charge in [-0.05, 0) is 36.3 Å². The highest BCUT2D eigenvalue weighted by molar-refractivity contribution is 5.25. The fraction of sp³-hybridized carbons (Fsp3) is 0.647. The lowest BCUT2D eigenvalue weighted by Gasteiger charge is -2.14. The molecule has 20 heavy (non-hydrogen) atoms. The largest absolute Gasteiger partial charge is 0.379 e. The smallest absolute Gasteiger partial charge is 0.0834 e. The normalized spacial score (nSPS) is 23.9. The van der Waals surface area contributed by atoms with Gasteiger partial charge in [-0.15, -0.1) is 0 Å². The summed E-state index contributed by atoms with van der Waals surface area (Å²) in [7, 11) is 0. The van der Waals surface area contributed by atoms with Gasteiger partial charge in [0, 0.05) is 19.2 Å². The van der Waals surface area contributed by atoms with Crippen LogP contribution in [0.4, 0.5) is 0 Å². The maximum absolute atomic E-state index is 5.84. The third-order valence-electron chi connectivity index (χ3n) is 4.21. The number of ether oxygens (including phenoxy) is 2. The van der Waals surface area contributed by atoms with Crippen molar-refractivity contribution in [1.29, 1.82) is 0 Å². The van der Waals surface area contributed by atoms with E-state index in [1.807, 2.05) is 0 Å². The summed E-state index contributed by atoms with van der Waals surface area (Å²) in [4.78, 5) is 0. The second kappa shape index (κ2) is 6.70. The van der Waals surface area contributed by atoms with E-state index in [1.54, 1.807) is 0 Å². The zero-order chi connectivity index (χ0) is 13.8. The van der Waals surface area contributed by atoms with E-state index in [2.05, 4.69) is 36.5 Å². The molecular weight excluding hydrogens is 250 g/mol. The first-order valence-electron chi connectivity index (χ1n) is 7.83. The summed E-state index contributed by atoms with van der Waals surface area (Å²) >= 11 is 0. The molecule has 2 fully saturated rings. The summed E-state index contributed by atoms with van der Waals surface area (Å²) in [5.41, 5.74) is 2.66. The number of rotatable bonds is 7. The Kier molecular flexibility index (Phi) is 4.71. The summed E-state index contributed by atoms with van der Waals surface area (Å²) in [5, 5.41) is 3.59. The van der Waals surface area contributed by atoms with Gasteiger partial charge in [-0.3, -0.25) is 0 Å². The monoisotopic (exact) mass is 275 g/mol. The molecule has 0 amide bonds. The maximum Gasteiger partial charge on any atom is 0.0834 e. The minimum absolute atomic E-state index is 0.288. The summed E-state index contributed by atoms with van der Waals surface area (Å²) < 4.78 is 11.2. The zero-order valence-electron chi connectivity index (χ0n) is 12.3. The van der Waals surface area contributed by atoms with E-state index >= 15 is 0 Å². The average molecular weight is 275 g/mol. The van der Waals surface area contributed by atoms with Gasteiger partial charge in [-0.25, -0.2) is 0 Å². The van der Waals surface area contributed by atoms with Crippen LogP contribution in [0.25, 0.3) is 0 Å². The van der Waals surface area contributed by atoms with Crippen LogP contribution in [0.15, 0.2) is 24.3 Å². The predicted octanol–water partition coefficient (Wildman–Crippen LogP) is 2.85. The summed E-state index contributed by atoms with van der Waals surface area (Å²) in [6.07, 6.45) is 4.03. The highest BCUT2D eigenvalue weighted by Crippen LogP contribution is 2.21. The van der Waals surface area contributed by atoms with Gasteiger partial charge in [0.25, 0.3) is 0 Å². The predicted molar refractivity (Wildman–Crippen MR) is 79.9 cm³/mol. The Labute approximate surface area is 121 Å². The van der Waals surface area contributed by atoms with E-state index in [0.717, 1.165) is 32.2 Å². The summed E-state index contributed by atoms with van der Waals surface area (Å²) in [6, 6.07) is 9.66. The van der Waals surface area contributed by atoms with Crippen LogP contribution >= 0.6 is 0 Å². The third kappa shape index (κ3) is 4.05. The van der Waals surface area contributed by atoms with E-state index < -0.39 is 0 Å². The number of nitrogens with one attached hydrogen (secondary N) is 1. The summed E-state index contributed by atoms with van der Waals surface area (Å²) in [6.45, 7) is 5.66. The molecule has 1 aliphatic carbocycles. The molecule has 3 heteroatoms. The fourth-order valence-electron chi connectivity index (χ4n) is 2.55. The Hall–Kier alpha value is -0.900. The molecule has 2 unspecified atom stereocenters. The lowest BCUT2D eigenvalue weighted by atomic mass is 10.00. The van der Waals surface area contributed by atoms with Gasteiger partial charge in [0.15, 0.2) is 0 Å². The first-order chi connectivity index (χ1) is 9.81. The Bertz CT molecular complexity index is 408. The standard InChI is InChI=1S/C17H25NO2/c1-13(10-18-16-6-7-16)15-4-2-14(3-5-15)11-20-17-8-9-19-12-17/h2-5,13,16-18H,6-12H2,1H3. The van der Waals surface area contributed by atoms with Crippen molar-refractivity contribution in [2.75, 3.05) is 19.8 Å². The molecule has 110 valence electrons. The zero-order valence-corrected chi connectivity index (χ0v) is 12.3. The molecule has 3 nitrogen and oxygen atoms in total. The summed E-state index contributed by atoms with van der Waals surface area (Å²) in [5.74, 6) is 0.578. The van der Waals surface area contributed by atoms with E-state index in [-0.39, 0.29) is 6.10 Å². The minimum Gasteiger partial charge on any atom is -0.379 e. The molecule has 0 bridgehead atoms. The van der Waals surface area contributed by atoms with Crippen LogP contribution in [0.1, 0.15) is 43.2 Å². The third-order valence-corrected chi connectivity index (χ3v) is 4.21. The van der Waals surface area contributed by atoms with Gasteiger partial charge in [-0.2, -0.15) is 0 Å². The topological polar surface area (TPSA) is 30.5 Å². The first kappa shape index (κ1) is 14.1. The van der Waals surface area contributed by atoms with Crippen molar-refractivity contribution >= 4 is 0 Å². The van der Waals surface area contributed by atoms with Crippen molar-refractivity contribution in [3.8, 4) is 0 Å². The van der Waals surface area contributed by atoms with Crippen LogP contribution in [0.3, 0.4) is 0 Å². The lowest BCUT2D eigenvalue weighted by molar-refractivity contribution is 0.0317. The highest BCUT2D eigenvalue weighted by Gasteiger charge is 2.21. The van der Waals surface area contributed by atoms with Gasteiger partial charge in [0.2, 0.25) is 0 Å². The van der Waals surface area contributed by atoms with Crippen molar-refractivity contribution < 1.29 is 9.47 Å². The molecular formula is C17H25NO2. The van der Waals surface area contributed by atoms with Gasteiger partial charge in [-0.1, -0.05) is 31.2 Å². The van der Waals surface area contributed by atoms with E-state index in [0.29, 0.717) is 12.5 Å². The van der Waals surface area contributed by atoms with E-state index in [1.165, 1.54) is 24.0 Å². The molecule has 1 aliphatic heterocycles. The molecule has 1 aromatic carbocycles. The molecule has 0 radical (unpaired) electrons. The van der Waals surface area contributed by atoms with Crippen LogP contribution < -0.4 is 5.32 Å². The van der Waals surface area contributed by atoms with Gasteiger partial charge in [0.05, 0.1) is 19.3 Å². The quantitative estimate of drug-likeness (QED) is 0.830. The highest BCUT2D eigenvalue weighted by atomic mass is 16.5. The second-order valence-electron chi connectivity index (χ2n) is 6.12. The average Bonchev–Trinajstić information content (AvgIpc) is 3.17.